The van der Waals surface area contributed by atoms with E-state index in [1.165, 1.54) is 17.0 Å². The molecule has 0 spiro atoms. The third-order valence-corrected chi connectivity index (χ3v) is 9.62. The molecule has 2 amide bonds. The lowest BCUT2D eigenvalue weighted by atomic mass is 9.95. The van der Waals surface area contributed by atoms with Gasteiger partial charge in [0.15, 0.2) is 0 Å². The third-order valence-electron chi connectivity index (χ3n) is 7.09. The molecule has 1 atom stereocenters. The van der Waals surface area contributed by atoms with Crippen molar-refractivity contribution in [2.45, 2.75) is 62.6 Å². The number of carbonyl (C=O) groups excluding carboxylic acids is 2. The topological polar surface area (TPSA) is 86.8 Å². The normalized spacial score (nSPS) is 14.8. The van der Waals surface area contributed by atoms with Crippen molar-refractivity contribution in [2.75, 3.05) is 10.8 Å². The van der Waals surface area contributed by atoms with Gasteiger partial charge in [0.1, 0.15) is 12.6 Å². The first-order valence-electron chi connectivity index (χ1n) is 13.3. The molecular weight excluding hydrogens is 614 g/mol. The van der Waals surface area contributed by atoms with Gasteiger partial charge in [-0.15, -0.1) is 0 Å². The van der Waals surface area contributed by atoms with E-state index in [0.29, 0.717) is 10.7 Å². The number of hydrogen-bond acceptors (Lipinski definition) is 4. The average molecular weight is 647 g/mol. The van der Waals surface area contributed by atoms with E-state index in [0.717, 1.165) is 46.4 Å². The van der Waals surface area contributed by atoms with Gasteiger partial charge in [-0.3, -0.25) is 13.9 Å². The largest absolute Gasteiger partial charge is 0.352 e. The smallest absolute Gasteiger partial charge is 0.264 e. The van der Waals surface area contributed by atoms with Crippen LogP contribution in [0.1, 0.15) is 44.6 Å². The van der Waals surface area contributed by atoms with Crippen LogP contribution in [0.3, 0.4) is 0 Å². The molecule has 1 saturated carbocycles. The summed E-state index contributed by atoms with van der Waals surface area (Å²) in [6.45, 7) is 1.33. The third kappa shape index (κ3) is 7.65. The van der Waals surface area contributed by atoms with E-state index in [1.54, 1.807) is 49.4 Å². The molecule has 212 valence electrons. The molecule has 1 aliphatic carbocycles. The minimum atomic E-state index is -4.11. The van der Waals surface area contributed by atoms with Gasteiger partial charge in [-0.25, -0.2) is 8.42 Å². The van der Waals surface area contributed by atoms with Crippen molar-refractivity contribution in [3.8, 4) is 0 Å². The van der Waals surface area contributed by atoms with Gasteiger partial charge in [0, 0.05) is 22.1 Å². The number of anilines is 1. The summed E-state index contributed by atoms with van der Waals surface area (Å²) in [5.74, 6) is -0.750. The summed E-state index contributed by atoms with van der Waals surface area (Å²) < 4.78 is 29.5. The Bertz CT molecular complexity index is 1410. The molecule has 7 nitrogen and oxygen atoms in total. The Balaban J connectivity index is 1.66. The van der Waals surface area contributed by atoms with E-state index in [1.807, 2.05) is 24.3 Å². The van der Waals surface area contributed by atoms with Crippen molar-refractivity contribution < 1.29 is 18.0 Å². The Labute approximate surface area is 249 Å². The molecule has 1 fully saturated rings. The van der Waals surface area contributed by atoms with Crippen LogP contribution < -0.4 is 9.62 Å². The summed E-state index contributed by atoms with van der Waals surface area (Å²) in [6.07, 6.45) is 5.11. The Hall–Kier alpha value is -2.88. The summed E-state index contributed by atoms with van der Waals surface area (Å²) in [6, 6.07) is 21.0. The summed E-state index contributed by atoms with van der Waals surface area (Å²) >= 11 is 9.54. The van der Waals surface area contributed by atoms with Gasteiger partial charge in [0.25, 0.3) is 10.0 Å². The van der Waals surface area contributed by atoms with Crippen molar-refractivity contribution in [2.24, 2.45) is 0 Å². The maximum absolute atomic E-state index is 14.0. The second-order valence-electron chi connectivity index (χ2n) is 9.97. The fourth-order valence-electron chi connectivity index (χ4n) is 4.84. The van der Waals surface area contributed by atoms with Gasteiger partial charge < -0.3 is 10.2 Å². The van der Waals surface area contributed by atoms with Crippen LogP contribution in [0.25, 0.3) is 0 Å². The molecule has 1 N–H and O–H groups in total. The lowest BCUT2D eigenvalue weighted by Crippen LogP contribution is -2.53. The molecule has 3 aromatic rings. The van der Waals surface area contributed by atoms with Crippen LogP contribution in [0.5, 0.6) is 0 Å². The maximum Gasteiger partial charge on any atom is 0.264 e. The molecule has 0 heterocycles. The quantitative estimate of drug-likeness (QED) is 0.286. The van der Waals surface area contributed by atoms with Gasteiger partial charge in [-0.1, -0.05) is 77.1 Å². The molecule has 0 aromatic heterocycles. The SMILES string of the molecule is CC(C(=O)NC1CCCCC1)N(Cc1cccc(Br)c1)C(=O)CN(c1ccc(Cl)cc1)S(=O)(=O)c1ccccc1. The molecule has 10 heteroatoms. The Morgan fingerprint density at radius 3 is 2.30 bits per heavy atom. The van der Waals surface area contributed by atoms with Crippen molar-refractivity contribution >= 4 is 55.1 Å². The van der Waals surface area contributed by atoms with E-state index in [9.17, 15) is 18.0 Å². The molecule has 1 unspecified atom stereocenters. The van der Waals surface area contributed by atoms with Crippen LogP contribution in [0.15, 0.2) is 88.2 Å². The number of halogens is 2. The molecule has 40 heavy (non-hydrogen) atoms. The van der Waals surface area contributed by atoms with Crippen molar-refractivity contribution in [3.05, 3.63) is 93.9 Å². The highest BCUT2D eigenvalue weighted by Crippen LogP contribution is 2.26. The van der Waals surface area contributed by atoms with Crippen LogP contribution in [0.2, 0.25) is 5.02 Å². The number of sulfonamides is 1. The van der Waals surface area contributed by atoms with Gasteiger partial charge in [-0.05, 0) is 73.9 Å². The van der Waals surface area contributed by atoms with Crippen molar-refractivity contribution in [1.29, 1.82) is 0 Å². The zero-order valence-corrected chi connectivity index (χ0v) is 25.5. The summed E-state index contributed by atoms with van der Waals surface area (Å²) in [5.41, 5.74) is 1.10. The Morgan fingerprint density at radius 1 is 0.975 bits per heavy atom. The number of nitrogens with one attached hydrogen (secondary N) is 1. The number of carbonyl (C=O) groups is 2. The van der Waals surface area contributed by atoms with Crippen LogP contribution in [-0.2, 0) is 26.2 Å². The van der Waals surface area contributed by atoms with Gasteiger partial charge in [0.05, 0.1) is 10.6 Å². The summed E-state index contributed by atoms with van der Waals surface area (Å²) in [4.78, 5) is 28.9. The first-order valence-corrected chi connectivity index (χ1v) is 15.9. The maximum atomic E-state index is 14.0. The van der Waals surface area contributed by atoms with Crippen molar-refractivity contribution in [1.82, 2.24) is 10.2 Å². The monoisotopic (exact) mass is 645 g/mol. The highest BCUT2D eigenvalue weighted by molar-refractivity contribution is 9.10. The second-order valence-corrected chi connectivity index (χ2v) is 13.2. The number of hydrogen-bond donors (Lipinski definition) is 1. The highest BCUT2D eigenvalue weighted by atomic mass is 79.9. The molecular formula is C30H33BrClN3O4S. The predicted molar refractivity (Wildman–Crippen MR) is 162 cm³/mol. The van der Waals surface area contributed by atoms with Crippen LogP contribution >= 0.6 is 27.5 Å². The lowest BCUT2D eigenvalue weighted by molar-refractivity contribution is -0.139. The van der Waals surface area contributed by atoms with Crippen molar-refractivity contribution in [3.63, 3.8) is 0 Å². The number of benzene rings is 3. The molecule has 4 rings (SSSR count). The summed E-state index contributed by atoms with van der Waals surface area (Å²) in [7, 11) is -4.11. The average Bonchev–Trinajstić information content (AvgIpc) is 2.95. The molecule has 0 radical (unpaired) electrons. The number of amides is 2. The van der Waals surface area contributed by atoms with E-state index in [-0.39, 0.29) is 23.4 Å². The molecule has 1 aliphatic rings. The van der Waals surface area contributed by atoms with Gasteiger partial charge in [-0.2, -0.15) is 0 Å². The van der Waals surface area contributed by atoms with Gasteiger partial charge in [0.2, 0.25) is 11.8 Å². The minimum absolute atomic E-state index is 0.0550. The van der Waals surface area contributed by atoms with Crippen LogP contribution in [0, 0.1) is 0 Å². The summed E-state index contributed by atoms with van der Waals surface area (Å²) in [5, 5.41) is 3.55. The van der Waals surface area contributed by atoms with E-state index < -0.39 is 28.5 Å². The minimum Gasteiger partial charge on any atom is -0.352 e. The molecule has 3 aromatic carbocycles. The first-order chi connectivity index (χ1) is 19.1. The van der Waals surface area contributed by atoms with E-state index in [4.69, 9.17) is 11.6 Å². The van der Waals surface area contributed by atoms with E-state index in [2.05, 4.69) is 21.2 Å². The van der Waals surface area contributed by atoms with E-state index >= 15 is 0 Å². The zero-order chi connectivity index (χ0) is 28.7. The zero-order valence-electron chi connectivity index (χ0n) is 22.3. The highest BCUT2D eigenvalue weighted by Gasteiger charge is 2.33. The van der Waals surface area contributed by atoms with Crippen LogP contribution in [0.4, 0.5) is 5.69 Å². The molecule has 0 saturated heterocycles. The predicted octanol–water partition coefficient (Wildman–Crippen LogP) is 6.16. The number of nitrogens with zero attached hydrogens (tertiary/aromatic N) is 2. The Kier molecular flexibility index (Phi) is 10.3. The van der Waals surface area contributed by atoms with Crippen LogP contribution in [-0.4, -0.2) is 43.8 Å². The fourth-order valence-corrected chi connectivity index (χ4v) is 6.85. The standard InChI is InChI=1S/C30H33BrClN3O4S/c1-22(30(37)33-26-11-4-2-5-12-26)34(20-23-9-8-10-24(31)19-23)29(36)21-35(27-17-15-25(32)16-18-27)40(38,39)28-13-6-3-7-14-28/h3,6-10,13-19,22,26H,2,4-5,11-12,20-21H2,1H3,(H,33,37). The van der Waals surface area contributed by atoms with Gasteiger partial charge >= 0.3 is 0 Å². The molecule has 0 aliphatic heterocycles. The molecule has 0 bridgehead atoms. The second kappa shape index (κ2) is 13.7. The first kappa shape index (κ1) is 30.1. The Morgan fingerprint density at radius 2 is 1.65 bits per heavy atom. The number of rotatable bonds is 10. The fraction of sp³-hybridized carbons (Fsp3) is 0.333. The lowest BCUT2D eigenvalue weighted by Gasteiger charge is -2.33.